The molecule has 0 bridgehead atoms. The van der Waals surface area contributed by atoms with Gasteiger partial charge in [-0.1, -0.05) is 188 Å². The number of aromatic nitrogens is 5. The lowest BCUT2D eigenvalue weighted by atomic mass is 9.96. The molecule has 5 heteroatoms. The van der Waals surface area contributed by atoms with Crippen molar-refractivity contribution in [3.63, 3.8) is 0 Å². The van der Waals surface area contributed by atoms with Crippen molar-refractivity contribution < 1.29 is 0 Å². The van der Waals surface area contributed by atoms with Crippen LogP contribution in [-0.2, 0) is 0 Å². The minimum Gasteiger partial charge on any atom is -0.309 e. The summed E-state index contributed by atoms with van der Waals surface area (Å²) in [6.45, 7) is 0. The topological polar surface area (TPSA) is 48.5 Å². The van der Waals surface area contributed by atoms with Crippen LogP contribution >= 0.6 is 0 Å². The van der Waals surface area contributed by atoms with Crippen LogP contribution in [0.25, 0.3) is 122 Å². The highest BCUT2D eigenvalue weighted by atomic mass is 15.0. The highest BCUT2D eigenvalue weighted by Gasteiger charge is 2.22. The maximum atomic E-state index is 5.10. The summed E-state index contributed by atoms with van der Waals surface area (Å²) in [6.07, 6.45) is 0. The van der Waals surface area contributed by atoms with E-state index in [0.29, 0.717) is 17.5 Å². The number of hydrogen-bond acceptors (Lipinski definition) is 3. The van der Waals surface area contributed by atoms with Gasteiger partial charge in [-0.25, -0.2) is 15.0 Å². The molecule has 3 heterocycles. The highest BCUT2D eigenvalue weighted by Crippen LogP contribution is 2.43. The molecular formula is C61H39N5. The Kier molecular flexibility index (Phi) is 8.78. The van der Waals surface area contributed by atoms with Gasteiger partial charge in [0, 0.05) is 49.5 Å². The molecule has 0 unspecified atom stereocenters. The van der Waals surface area contributed by atoms with E-state index in [2.05, 4.69) is 185 Å². The summed E-state index contributed by atoms with van der Waals surface area (Å²) in [6, 6.07) is 84.3. The Morgan fingerprint density at radius 3 is 1.44 bits per heavy atom. The maximum absolute atomic E-state index is 5.10. The standard InChI is InChI=1S/C61H39N5/c1-4-17-40(18-5-1)45-33-34-49(46-32-31-41-19-10-11-24-44(41)35-46)56(37-45)66-55-30-15-13-28-51(55)53-38-52-50-27-12-14-29-54(50)65(57(52)39-58(53)66)48-26-16-25-47(36-48)61-63-59(42-20-6-2-7-21-42)62-60(64-61)43-22-8-3-9-23-43/h1-39H. The smallest absolute Gasteiger partial charge is 0.164 e. The third kappa shape index (κ3) is 6.28. The predicted molar refractivity (Wildman–Crippen MR) is 273 cm³/mol. The second kappa shape index (κ2) is 15.4. The lowest BCUT2D eigenvalue weighted by Crippen LogP contribution is -2.01. The van der Waals surface area contributed by atoms with E-state index in [1.165, 1.54) is 49.0 Å². The van der Waals surface area contributed by atoms with Crippen molar-refractivity contribution in [2.24, 2.45) is 0 Å². The van der Waals surface area contributed by atoms with Crippen LogP contribution < -0.4 is 0 Å². The second-order valence-corrected chi connectivity index (χ2v) is 16.8. The summed E-state index contributed by atoms with van der Waals surface area (Å²) in [4.78, 5) is 15.2. The van der Waals surface area contributed by atoms with E-state index in [-0.39, 0.29) is 0 Å². The number of fused-ring (bicyclic) bond motifs is 7. The normalized spacial score (nSPS) is 11.6. The van der Waals surface area contributed by atoms with Crippen LogP contribution in [0, 0.1) is 0 Å². The molecule has 0 radical (unpaired) electrons. The zero-order valence-corrected chi connectivity index (χ0v) is 35.8. The third-order valence-corrected chi connectivity index (χ3v) is 12.9. The van der Waals surface area contributed by atoms with Crippen LogP contribution in [-0.4, -0.2) is 24.1 Å². The first-order valence-electron chi connectivity index (χ1n) is 22.3. The Labute approximate surface area is 381 Å². The van der Waals surface area contributed by atoms with Crippen molar-refractivity contribution in [1.82, 2.24) is 24.1 Å². The fourth-order valence-corrected chi connectivity index (χ4v) is 9.82. The molecule has 0 aliphatic carbocycles. The number of hydrogen-bond donors (Lipinski definition) is 0. The zero-order valence-electron chi connectivity index (χ0n) is 35.8. The van der Waals surface area contributed by atoms with Crippen LogP contribution in [0.1, 0.15) is 0 Å². The average Bonchev–Trinajstić information content (AvgIpc) is 3.90. The summed E-state index contributed by atoms with van der Waals surface area (Å²) in [5.41, 5.74) is 14.1. The van der Waals surface area contributed by atoms with Gasteiger partial charge in [0.15, 0.2) is 17.5 Å². The first-order valence-corrected chi connectivity index (χ1v) is 22.3. The number of para-hydroxylation sites is 2. The van der Waals surface area contributed by atoms with Gasteiger partial charge in [0.2, 0.25) is 0 Å². The zero-order chi connectivity index (χ0) is 43.6. The Morgan fingerprint density at radius 1 is 0.258 bits per heavy atom. The van der Waals surface area contributed by atoms with Crippen molar-refractivity contribution in [3.8, 4) is 67.8 Å². The fourth-order valence-electron chi connectivity index (χ4n) is 9.82. The monoisotopic (exact) mass is 841 g/mol. The summed E-state index contributed by atoms with van der Waals surface area (Å²) >= 11 is 0. The van der Waals surface area contributed by atoms with Crippen molar-refractivity contribution in [1.29, 1.82) is 0 Å². The molecule has 0 saturated heterocycles. The van der Waals surface area contributed by atoms with Gasteiger partial charge in [0.25, 0.3) is 0 Å². The van der Waals surface area contributed by atoms with E-state index < -0.39 is 0 Å². The Bertz CT molecular complexity index is 3920. The van der Waals surface area contributed by atoms with E-state index in [1.54, 1.807) is 0 Å². The molecule has 0 N–H and O–H groups in total. The number of nitrogens with zero attached hydrogens (tertiary/aromatic N) is 5. The minimum atomic E-state index is 0.618. The van der Waals surface area contributed by atoms with Crippen LogP contribution in [0.3, 0.4) is 0 Å². The van der Waals surface area contributed by atoms with E-state index in [4.69, 9.17) is 15.0 Å². The van der Waals surface area contributed by atoms with E-state index in [1.807, 2.05) is 60.7 Å². The molecule has 0 aliphatic rings. The quantitative estimate of drug-likeness (QED) is 0.161. The van der Waals surface area contributed by atoms with Gasteiger partial charge in [-0.15, -0.1) is 0 Å². The molecular weight excluding hydrogens is 803 g/mol. The minimum absolute atomic E-state index is 0.618. The summed E-state index contributed by atoms with van der Waals surface area (Å²) in [5.74, 6) is 1.89. The second-order valence-electron chi connectivity index (χ2n) is 16.8. The first-order chi connectivity index (χ1) is 32.7. The van der Waals surface area contributed by atoms with Gasteiger partial charge in [0.1, 0.15) is 0 Å². The Balaban J connectivity index is 1.06. The van der Waals surface area contributed by atoms with Crippen LogP contribution in [0.15, 0.2) is 237 Å². The Hall–Kier alpha value is -8.93. The van der Waals surface area contributed by atoms with E-state index in [0.717, 1.165) is 55.7 Å². The molecule has 5 nitrogen and oxygen atoms in total. The molecule has 0 fully saturated rings. The van der Waals surface area contributed by atoms with Crippen molar-refractivity contribution in [2.75, 3.05) is 0 Å². The van der Waals surface area contributed by atoms with Gasteiger partial charge < -0.3 is 9.13 Å². The molecule has 10 aromatic carbocycles. The van der Waals surface area contributed by atoms with Gasteiger partial charge in [-0.05, 0) is 76.0 Å². The SMILES string of the molecule is c1ccc(-c2ccc(-c3ccc4ccccc4c3)c(-n3c4ccccc4c4cc5c6ccccc6n(-c6cccc(-c7nc(-c8ccccc8)nc(-c8ccccc8)n7)c6)c5cc43)c2)cc1. The van der Waals surface area contributed by atoms with Gasteiger partial charge >= 0.3 is 0 Å². The largest absolute Gasteiger partial charge is 0.309 e. The molecule has 66 heavy (non-hydrogen) atoms. The molecule has 0 aliphatic heterocycles. The summed E-state index contributed by atoms with van der Waals surface area (Å²) < 4.78 is 4.89. The molecule has 0 atom stereocenters. The molecule has 0 amide bonds. The van der Waals surface area contributed by atoms with Crippen LogP contribution in [0.2, 0.25) is 0 Å². The molecule has 0 spiro atoms. The number of rotatable bonds is 7. The van der Waals surface area contributed by atoms with E-state index >= 15 is 0 Å². The van der Waals surface area contributed by atoms with Crippen molar-refractivity contribution >= 4 is 54.4 Å². The van der Waals surface area contributed by atoms with Gasteiger partial charge in [0.05, 0.1) is 27.8 Å². The molecule has 13 aromatic rings. The van der Waals surface area contributed by atoms with Gasteiger partial charge in [-0.2, -0.15) is 0 Å². The first kappa shape index (κ1) is 37.6. The maximum Gasteiger partial charge on any atom is 0.164 e. The van der Waals surface area contributed by atoms with Crippen LogP contribution in [0.5, 0.6) is 0 Å². The third-order valence-electron chi connectivity index (χ3n) is 12.9. The average molecular weight is 842 g/mol. The highest BCUT2D eigenvalue weighted by molar-refractivity contribution is 6.19. The lowest BCUT2D eigenvalue weighted by Gasteiger charge is -2.17. The fraction of sp³-hybridized carbons (Fsp3) is 0. The van der Waals surface area contributed by atoms with E-state index in [9.17, 15) is 0 Å². The molecule has 308 valence electrons. The number of benzene rings is 10. The Morgan fingerprint density at radius 2 is 0.773 bits per heavy atom. The molecule has 3 aromatic heterocycles. The van der Waals surface area contributed by atoms with Crippen LogP contribution in [0.4, 0.5) is 0 Å². The summed E-state index contributed by atoms with van der Waals surface area (Å²) in [5, 5.41) is 7.24. The van der Waals surface area contributed by atoms with Crippen molar-refractivity contribution in [3.05, 3.63) is 237 Å². The summed E-state index contributed by atoms with van der Waals surface area (Å²) in [7, 11) is 0. The van der Waals surface area contributed by atoms with Crippen molar-refractivity contribution in [2.45, 2.75) is 0 Å². The molecule has 0 saturated carbocycles. The predicted octanol–water partition coefficient (Wildman–Crippen LogP) is 15.6. The molecule has 13 rings (SSSR count). The van der Waals surface area contributed by atoms with Gasteiger partial charge in [-0.3, -0.25) is 0 Å². The lowest BCUT2D eigenvalue weighted by molar-refractivity contribution is 1.07.